The minimum absolute atomic E-state index is 0.545. The molecule has 1 aromatic heterocycles. The van der Waals surface area contributed by atoms with Gasteiger partial charge in [-0.1, -0.05) is 20.8 Å². The molecule has 0 aromatic carbocycles. The predicted molar refractivity (Wildman–Crippen MR) is 64.0 cm³/mol. The molecule has 5 heteroatoms. The molecule has 0 amide bonds. The third kappa shape index (κ3) is 4.26. The van der Waals surface area contributed by atoms with Crippen molar-refractivity contribution in [2.75, 3.05) is 6.54 Å². The molecule has 0 fully saturated rings. The van der Waals surface area contributed by atoms with Gasteiger partial charge in [-0.05, 0) is 30.5 Å². The highest BCUT2D eigenvalue weighted by molar-refractivity contribution is 4.81. The molecule has 0 spiro atoms. The van der Waals surface area contributed by atoms with Crippen LogP contribution in [-0.4, -0.2) is 32.8 Å². The normalized spacial score (nSPS) is 13.3. The predicted octanol–water partition coefficient (Wildman–Crippen LogP) is 1.17. The molecule has 92 valence electrons. The monoisotopic (exact) mass is 225 g/mol. The highest BCUT2D eigenvalue weighted by atomic mass is 15.6. The molecule has 0 bridgehead atoms. The second-order valence-corrected chi connectivity index (χ2v) is 4.54. The van der Waals surface area contributed by atoms with E-state index >= 15 is 0 Å². The maximum absolute atomic E-state index is 4.19. The van der Waals surface area contributed by atoms with Gasteiger partial charge in [0.25, 0.3) is 0 Å². The Morgan fingerprint density at radius 3 is 2.62 bits per heavy atom. The number of hydrogen-bond donors (Lipinski definition) is 1. The van der Waals surface area contributed by atoms with E-state index in [4.69, 9.17) is 0 Å². The number of hydrogen-bond acceptors (Lipinski definition) is 4. The van der Waals surface area contributed by atoms with Crippen molar-refractivity contribution in [2.24, 2.45) is 13.0 Å². The average Bonchev–Trinajstić information content (AvgIpc) is 2.64. The summed E-state index contributed by atoms with van der Waals surface area (Å²) in [5.74, 6) is 1.48. The zero-order valence-electron chi connectivity index (χ0n) is 10.8. The molecule has 0 saturated heterocycles. The van der Waals surface area contributed by atoms with Crippen molar-refractivity contribution in [3.05, 3.63) is 5.82 Å². The van der Waals surface area contributed by atoms with Gasteiger partial charge in [0.1, 0.15) is 0 Å². The van der Waals surface area contributed by atoms with Gasteiger partial charge in [-0.15, -0.1) is 10.2 Å². The summed E-state index contributed by atoms with van der Waals surface area (Å²) in [6.45, 7) is 7.76. The summed E-state index contributed by atoms with van der Waals surface area (Å²) in [7, 11) is 1.80. The third-order valence-corrected chi connectivity index (χ3v) is 2.69. The summed E-state index contributed by atoms with van der Waals surface area (Å²) in [6, 6.07) is 0.545. The lowest BCUT2D eigenvalue weighted by Crippen LogP contribution is -2.34. The molecule has 1 N–H and O–H groups in total. The molecule has 1 heterocycles. The summed E-state index contributed by atoms with van der Waals surface area (Å²) in [5, 5.41) is 15.6. The molecular weight excluding hydrogens is 202 g/mol. The van der Waals surface area contributed by atoms with E-state index in [2.05, 4.69) is 41.5 Å². The largest absolute Gasteiger partial charge is 0.314 e. The highest BCUT2D eigenvalue weighted by Gasteiger charge is 2.13. The van der Waals surface area contributed by atoms with Crippen LogP contribution in [0, 0.1) is 5.92 Å². The fourth-order valence-electron chi connectivity index (χ4n) is 1.71. The SMILES string of the molecule is CCCNC(CCc1nnn(C)n1)C(C)C. The Morgan fingerprint density at radius 2 is 2.12 bits per heavy atom. The van der Waals surface area contributed by atoms with Gasteiger partial charge in [0, 0.05) is 12.5 Å². The number of tetrazole rings is 1. The van der Waals surface area contributed by atoms with Crippen molar-refractivity contribution in [3.8, 4) is 0 Å². The van der Waals surface area contributed by atoms with Crippen LogP contribution in [0.3, 0.4) is 0 Å². The molecule has 5 nitrogen and oxygen atoms in total. The number of rotatable bonds is 7. The van der Waals surface area contributed by atoms with Crippen molar-refractivity contribution < 1.29 is 0 Å². The van der Waals surface area contributed by atoms with Gasteiger partial charge in [0.2, 0.25) is 0 Å². The van der Waals surface area contributed by atoms with Crippen molar-refractivity contribution in [1.29, 1.82) is 0 Å². The van der Waals surface area contributed by atoms with Crippen LogP contribution < -0.4 is 5.32 Å². The van der Waals surface area contributed by atoms with Crippen molar-refractivity contribution in [2.45, 2.75) is 46.1 Å². The first kappa shape index (κ1) is 13.1. The second kappa shape index (κ2) is 6.58. The molecule has 1 unspecified atom stereocenters. The Balaban J connectivity index is 2.37. The van der Waals surface area contributed by atoms with Crippen LogP contribution >= 0.6 is 0 Å². The number of aromatic nitrogens is 4. The molecule has 1 atom stereocenters. The highest BCUT2D eigenvalue weighted by Crippen LogP contribution is 2.08. The van der Waals surface area contributed by atoms with Crippen LogP contribution in [0.25, 0.3) is 0 Å². The van der Waals surface area contributed by atoms with Crippen LogP contribution in [-0.2, 0) is 13.5 Å². The zero-order chi connectivity index (χ0) is 12.0. The van der Waals surface area contributed by atoms with Gasteiger partial charge in [0.15, 0.2) is 5.82 Å². The van der Waals surface area contributed by atoms with E-state index in [9.17, 15) is 0 Å². The van der Waals surface area contributed by atoms with Crippen LogP contribution in [0.1, 0.15) is 39.4 Å². The van der Waals surface area contributed by atoms with Gasteiger partial charge >= 0.3 is 0 Å². The molecular formula is C11H23N5. The van der Waals surface area contributed by atoms with E-state index < -0.39 is 0 Å². The Labute approximate surface area is 97.6 Å². The van der Waals surface area contributed by atoms with E-state index in [-0.39, 0.29) is 0 Å². The summed E-state index contributed by atoms with van der Waals surface area (Å²) < 4.78 is 0. The summed E-state index contributed by atoms with van der Waals surface area (Å²) >= 11 is 0. The molecule has 0 aliphatic heterocycles. The Hall–Kier alpha value is -0.970. The minimum Gasteiger partial charge on any atom is -0.314 e. The minimum atomic E-state index is 0.545. The maximum atomic E-state index is 4.19. The lowest BCUT2D eigenvalue weighted by atomic mass is 9.99. The molecule has 0 saturated carbocycles. The van der Waals surface area contributed by atoms with Crippen molar-refractivity contribution in [3.63, 3.8) is 0 Å². The smallest absolute Gasteiger partial charge is 0.174 e. The van der Waals surface area contributed by atoms with Gasteiger partial charge < -0.3 is 5.32 Å². The number of nitrogens with one attached hydrogen (secondary N) is 1. The summed E-state index contributed by atoms with van der Waals surface area (Å²) in [6.07, 6.45) is 3.14. The average molecular weight is 225 g/mol. The first-order valence-electron chi connectivity index (χ1n) is 6.09. The molecule has 0 radical (unpaired) electrons. The molecule has 1 aromatic rings. The summed E-state index contributed by atoms with van der Waals surface area (Å²) in [5.41, 5.74) is 0. The zero-order valence-corrected chi connectivity index (χ0v) is 10.8. The van der Waals surface area contributed by atoms with Crippen LogP contribution in [0.2, 0.25) is 0 Å². The first-order chi connectivity index (χ1) is 7.63. The van der Waals surface area contributed by atoms with Gasteiger partial charge in [-0.2, -0.15) is 4.80 Å². The van der Waals surface area contributed by atoms with E-state index in [1.807, 2.05) is 0 Å². The molecule has 0 aliphatic carbocycles. The van der Waals surface area contributed by atoms with Crippen molar-refractivity contribution in [1.82, 2.24) is 25.5 Å². The molecule has 0 aliphatic rings. The van der Waals surface area contributed by atoms with E-state index in [1.165, 1.54) is 11.2 Å². The second-order valence-electron chi connectivity index (χ2n) is 4.54. The lowest BCUT2D eigenvalue weighted by Gasteiger charge is -2.21. The van der Waals surface area contributed by atoms with E-state index in [0.29, 0.717) is 12.0 Å². The Morgan fingerprint density at radius 1 is 1.38 bits per heavy atom. The number of nitrogens with zero attached hydrogens (tertiary/aromatic N) is 4. The van der Waals surface area contributed by atoms with Gasteiger partial charge in [-0.3, -0.25) is 0 Å². The van der Waals surface area contributed by atoms with Crippen LogP contribution in [0.15, 0.2) is 0 Å². The lowest BCUT2D eigenvalue weighted by molar-refractivity contribution is 0.376. The number of aryl methyl sites for hydroxylation is 2. The first-order valence-corrected chi connectivity index (χ1v) is 6.09. The van der Waals surface area contributed by atoms with Crippen LogP contribution in [0.5, 0.6) is 0 Å². The van der Waals surface area contributed by atoms with E-state index in [0.717, 1.165) is 25.2 Å². The van der Waals surface area contributed by atoms with Crippen molar-refractivity contribution >= 4 is 0 Å². The van der Waals surface area contributed by atoms with E-state index in [1.54, 1.807) is 7.05 Å². The molecule has 1 rings (SSSR count). The van der Waals surface area contributed by atoms with Gasteiger partial charge in [-0.25, -0.2) is 0 Å². The third-order valence-electron chi connectivity index (χ3n) is 2.69. The standard InChI is InChI=1S/C11H23N5/c1-5-8-12-10(9(2)3)6-7-11-13-15-16(4)14-11/h9-10,12H,5-8H2,1-4H3. The quantitative estimate of drug-likeness (QED) is 0.756. The summed E-state index contributed by atoms with van der Waals surface area (Å²) in [4.78, 5) is 1.51. The maximum Gasteiger partial charge on any atom is 0.174 e. The van der Waals surface area contributed by atoms with Crippen LogP contribution in [0.4, 0.5) is 0 Å². The fraction of sp³-hybridized carbons (Fsp3) is 0.909. The topological polar surface area (TPSA) is 55.6 Å². The Bertz CT molecular complexity index is 294. The van der Waals surface area contributed by atoms with Gasteiger partial charge in [0.05, 0.1) is 7.05 Å². The Kier molecular flexibility index (Phi) is 5.38. The fourth-order valence-corrected chi connectivity index (χ4v) is 1.71. The molecule has 16 heavy (non-hydrogen) atoms.